The molecule has 0 saturated heterocycles. The Morgan fingerprint density at radius 1 is 1.35 bits per heavy atom. The molecule has 1 aromatic heterocycles. The first-order valence-electron chi connectivity index (χ1n) is 7.47. The fourth-order valence-corrected chi connectivity index (χ4v) is 3.04. The summed E-state index contributed by atoms with van der Waals surface area (Å²) in [5, 5.41) is 4.44. The molecule has 0 atom stereocenters. The van der Waals surface area contributed by atoms with Crippen LogP contribution in [0.2, 0.25) is 0 Å². The number of aryl methyl sites for hydroxylation is 1. The van der Waals surface area contributed by atoms with Crippen LogP contribution in [0.1, 0.15) is 38.2 Å². The van der Waals surface area contributed by atoms with Gasteiger partial charge in [0, 0.05) is 42.5 Å². The SMILES string of the molecule is CCCC(=O)NCC1(c2cn(C)c3ccccc23)CC1. The Morgan fingerprint density at radius 2 is 2.10 bits per heavy atom. The van der Waals surface area contributed by atoms with E-state index >= 15 is 0 Å². The van der Waals surface area contributed by atoms with Gasteiger partial charge in [0.15, 0.2) is 0 Å². The highest BCUT2D eigenvalue weighted by atomic mass is 16.1. The number of amides is 1. The molecule has 0 aliphatic heterocycles. The van der Waals surface area contributed by atoms with Gasteiger partial charge in [-0.25, -0.2) is 0 Å². The number of nitrogens with zero attached hydrogens (tertiary/aromatic N) is 1. The zero-order valence-electron chi connectivity index (χ0n) is 12.3. The van der Waals surface area contributed by atoms with E-state index in [0.29, 0.717) is 6.42 Å². The number of carbonyl (C=O) groups excluding carboxylic acids is 1. The van der Waals surface area contributed by atoms with Crippen molar-refractivity contribution in [3.63, 3.8) is 0 Å². The van der Waals surface area contributed by atoms with E-state index < -0.39 is 0 Å². The van der Waals surface area contributed by atoms with Gasteiger partial charge in [-0.2, -0.15) is 0 Å². The predicted molar refractivity (Wildman–Crippen MR) is 81.7 cm³/mol. The lowest BCUT2D eigenvalue weighted by Gasteiger charge is -2.15. The maximum Gasteiger partial charge on any atom is 0.220 e. The highest BCUT2D eigenvalue weighted by molar-refractivity contribution is 5.86. The van der Waals surface area contributed by atoms with Crippen molar-refractivity contribution in [1.29, 1.82) is 0 Å². The van der Waals surface area contributed by atoms with Crippen molar-refractivity contribution >= 4 is 16.8 Å². The molecule has 0 radical (unpaired) electrons. The summed E-state index contributed by atoms with van der Waals surface area (Å²) in [5.74, 6) is 0.180. The molecule has 0 spiro atoms. The van der Waals surface area contributed by atoms with E-state index in [1.54, 1.807) is 0 Å². The highest BCUT2D eigenvalue weighted by Gasteiger charge is 2.46. The minimum Gasteiger partial charge on any atom is -0.355 e. The molecule has 1 aliphatic carbocycles. The van der Waals surface area contributed by atoms with E-state index in [-0.39, 0.29) is 11.3 Å². The number of hydrogen-bond donors (Lipinski definition) is 1. The number of rotatable bonds is 5. The first kappa shape index (κ1) is 13.2. The molecule has 0 unspecified atom stereocenters. The third-order valence-corrected chi connectivity index (χ3v) is 4.42. The van der Waals surface area contributed by atoms with Crippen molar-refractivity contribution in [3.8, 4) is 0 Å². The number of benzene rings is 1. The number of nitrogens with one attached hydrogen (secondary N) is 1. The van der Waals surface area contributed by atoms with E-state index in [0.717, 1.165) is 13.0 Å². The van der Waals surface area contributed by atoms with E-state index in [4.69, 9.17) is 0 Å². The Bertz CT molecular complexity index is 637. The topological polar surface area (TPSA) is 34.0 Å². The molecule has 1 amide bonds. The maximum atomic E-state index is 11.7. The van der Waals surface area contributed by atoms with E-state index in [1.165, 1.54) is 29.3 Å². The molecule has 1 aromatic carbocycles. The minimum atomic E-state index is 0.171. The van der Waals surface area contributed by atoms with Gasteiger partial charge in [0.25, 0.3) is 0 Å². The molecule has 3 heteroatoms. The molecule has 3 rings (SSSR count). The largest absolute Gasteiger partial charge is 0.355 e. The lowest BCUT2D eigenvalue weighted by molar-refractivity contribution is -0.121. The van der Waals surface area contributed by atoms with E-state index in [2.05, 4.69) is 47.4 Å². The molecular formula is C17H22N2O. The van der Waals surface area contributed by atoms with E-state index in [9.17, 15) is 4.79 Å². The van der Waals surface area contributed by atoms with Crippen molar-refractivity contribution in [1.82, 2.24) is 9.88 Å². The van der Waals surface area contributed by atoms with E-state index in [1.807, 2.05) is 6.92 Å². The summed E-state index contributed by atoms with van der Waals surface area (Å²) in [4.78, 5) is 11.7. The van der Waals surface area contributed by atoms with Gasteiger partial charge in [-0.15, -0.1) is 0 Å². The lowest BCUT2D eigenvalue weighted by Crippen LogP contribution is -2.31. The van der Waals surface area contributed by atoms with Crippen molar-refractivity contribution in [2.24, 2.45) is 7.05 Å². The Labute approximate surface area is 120 Å². The first-order valence-corrected chi connectivity index (χ1v) is 7.47. The summed E-state index contributed by atoms with van der Waals surface area (Å²) in [6, 6.07) is 8.52. The van der Waals surface area contributed by atoms with Gasteiger partial charge in [-0.3, -0.25) is 4.79 Å². The Morgan fingerprint density at radius 3 is 2.80 bits per heavy atom. The van der Waals surface area contributed by atoms with Gasteiger partial charge in [0.1, 0.15) is 0 Å². The minimum absolute atomic E-state index is 0.171. The van der Waals surface area contributed by atoms with Crippen LogP contribution >= 0.6 is 0 Å². The summed E-state index contributed by atoms with van der Waals surface area (Å²) >= 11 is 0. The van der Waals surface area contributed by atoms with Crippen LogP contribution in [0.4, 0.5) is 0 Å². The van der Waals surface area contributed by atoms with Gasteiger partial charge >= 0.3 is 0 Å². The molecule has 20 heavy (non-hydrogen) atoms. The van der Waals surface area contributed by atoms with Crippen LogP contribution in [0.15, 0.2) is 30.5 Å². The zero-order valence-corrected chi connectivity index (χ0v) is 12.3. The summed E-state index contributed by atoms with van der Waals surface area (Å²) < 4.78 is 2.19. The standard InChI is InChI=1S/C17H22N2O/c1-3-6-16(20)18-12-17(9-10-17)14-11-19(2)15-8-5-4-7-13(14)15/h4-5,7-8,11H,3,6,9-10,12H2,1-2H3,(H,18,20). The number of fused-ring (bicyclic) bond motifs is 1. The third kappa shape index (κ3) is 2.21. The van der Waals surface area contributed by atoms with Gasteiger partial charge in [0.2, 0.25) is 5.91 Å². The second-order valence-corrected chi connectivity index (χ2v) is 5.98. The van der Waals surface area contributed by atoms with Gasteiger partial charge in [-0.05, 0) is 30.9 Å². The average Bonchev–Trinajstić information content (AvgIpc) is 3.17. The summed E-state index contributed by atoms with van der Waals surface area (Å²) in [5.41, 5.74) is 2.84. The van der Waals surface area contributed by atoms with Crippen LogP contribution in [-0.2, 0) is 17.3 Å². The second kappa shape index (κ2) is 4.97. The molecule has 1 N–H and O–H groups in total. The average molecular weight is 270 g/mol. The molecular weight excluding hydrogens is 248 g/mol. The monoisotopic (exact) mass is 270 g/mol. The summed E-state index contributed by atoms with van der Waals surface area (Å²) in [6.45, 7) is 2.82. The molecule has 3 nitrogen and oxygen atoms in total. The van der Waals surface area contributed by atoms with Gasteiger partial charge in [0.05, 0.1) is 0 Å². The van der Waals surface area contributed by atoms with Gasteiger partial charge < -0.3 is 9.88 Å². The number of carbonyl (C=O) groups is 1. The van der Waals surface area contributed by atoms with Gasteiger partial charge in [-0.1, -0.05) is 25.1 Å². The predicted octanol–water partition coefficient (Wildman–Crippen LogP) is 3.13. The normalized spacial score (nSPS) is 16.3. The summed E-state index contributed by atoms with van der Waals surface area (Å²) in [7, 11) is 2.09. The Balaban J connectivity index is 1.85. The van der Waals surface area contributed by atoms with Crippen molar-refractivity contribution in [2.75, 3.05) is 6.54 Å². The molecule has 1 fully saturated rings. The van der Waals surface area contributed by atoms with Crippen LogP contribution in [0.25, 0.3) is 10.9 Å². The number of para-hydroxylation sites is 1. The molecule has 1 saturated carbocycles. The van der Waals surface area contributed by atoms with Crippen LogP contribution in [0.3, 0.4) is 0 Å². The molecule has 0 bridgehead atoms. The summed E-state index contributed by atoms with van der Waals surface area (Å²) in [6.07, 6.45) is 6.13. The lowest BCUT2D eigenvalue weighted by atomic mass is 9.95. The molecule has 1 heterocycles. The Kier molecular flexibility index (Phi) is 3.28. The number of aromatic nitrogens is 1. The quantitative estimate of drug-likeness (QED) is 0.890. The first-order chi connectivity index (χ1) is 9.66. The fraction of sp³-hybridized carbons (Fsp3) is 0.471. The van der Waals surface area contributed by atoms with Crippen LogP contribution < -0.4 is 5.32 Å². The van der Waals surface area contributed by atoms with Crippen LogP contribution in [0, 0.1) is 0 Å². The second-order valence-electron chi connectivity index (χ2n) is 5.98. The van der Waals surface area contributed by atoms with Crippen LogP contribution in [0.5, 0.6) is 0 Å². The molecule has 2 aromatic rings. The highest BCUT2D eigenvalue weighted by Crippen LogP contribution is 2.50. The Hall–Kier alpha value is -1.77. The van der Waals surface area contributed by atoms with Crippen molar-refractivity contribution in [3.05, 3.63) is 36.0 Å². The molecule has 106 valence electrons. The number of hydrogen-bond acceptors (Lipinski definition) is 1. The third-order valence-electron chi connectivity index (χ3n) is 4.42. The smallest absolute Gasteiger partial charge is 0.220 e. The van der Waals surface area contributed by atoms with Crippen LogP contribution in [-0.4, -0.2) is 17.0 Å². The van der Waals surface area contributed by atoms with Crippen molar-refractivity contribution in [2.45, 2.75) is 38.0 Å². The van der Waals surface area contributed by atoms with Crippen molar-refractivity contribution < 1.29 is 4.79 Å². The zero-order chi connectivity index (χ0) is 14.2. The molecule has 1 aliphatic rings. The maximum absolute atomic E-state index is 11.7. The fourth-order valence-electron chi connectivity index (χ4n) is 3.04.